The summed E-state index contributed by atoms with van der Waals surface area (Å²) in [5.41, 5.74) is 1.77. The van der Waals surface area contributed by atoms with Crippen LogP contribution >= 0.6 is 11.8 Å². The highest BCUT2D eigenvalue weighted by atomic mass is 32.2. The summed E-state index contributed by atoms with van der Waals surface area (Å²) in [7, 11) is 0. The molecule has 2 N–H and O–H groups in total. The van der Waals surface area contributed by atoms with E-state index in [1.165, 1.54) is 24.0 Å². The molecule has 0 amide bonds. The first kappa shape index (κ1) is 11.9. The topological polar surface area (TPSA) is 66.0 Å². The third-order valence-electron chi connectivity index (χ3n) is 2.35. The Kier molecular flexibility index (Phi) is 3.61. The fourth-order valence-electron chi connectivity index (χ4n) is 1.42. The number of aromatic amines is 1. The average Bonchev–Trinajstić information content (AvgIpc) is 2.29. The van der Waals surface area contributed by atoms with Crippen molar-refractivity contribution in [2.24, 2.45) is 0 Å². The molecule has 0 saturated carbocycles. The van der Waals surface area contributed by atoms with Gasteiger partial charge in [-0.2, -0.15) is 0 Å². The van der Waals surface area contributed by atoms with Gasteiger partial charge in [-0.05, 0) is 30.2 Å². The van der Waals surface area contributed by atoms with Crippen molar-refractivity contribution in [2.45, 2.75) is 23.6 Å². The zero-order valence-corrected chi connectivity index (χ0v) is 10.1. The molecule has 5 heteroatoms. The third kappa shape index (κ3) is 2.95. The molecule has 0 saturated heterocycles. The maximum atomic E-state index is 11.1. The normalized spacial score (nSPS) is 10.5. The van der Waals surface area contributed by atoms with Gasteiger partial charge in [-0.25, -0.2) is 4.98 Å². The van der Waals surface area contributed by atoms with E-state index in [1.54, 1.807) is 0 Å². The van der Waals surface area contributed by atoms with Crippen molar-refractivity contribution < 1.29 is 5.11 Å². The number of H-pyrrole nitrogens is 1. The van der Waals surface area contributed by atoms with Crippen LogP contribution in [0.3, 0.4) is 0 Å². The van der Waals surface area contributed by atoms with E-state index in [-0.39, 0.29) is 12.2 Å². The number of hydrogen-bond donors (Lipinski definition) is 2. The molecule has 1 aromatic heterocycles. The molecule has 0 aliphatic carbocycles. The van der Waals surface area contributed by atoms with E-state index in [1.807, 2.05) is 25.1 Å². The molecule has 0 spiro atoms. The summed E-state index contributed by atoms with van der Waals surface area (Å²) >= 11 is 1.39. The molecule has 0 fully saturated rings. The quantitative estimate of drug-likeness (QED) is 0.812. The Bertz CT molecular complexity index is 581. The lowest BCUT2D eigenvalue weighted by molar-refractivity contribution is 0.281. The molecule has 4 nitrogen and oxygen atoms in total. The second-order valence-corrected chi connectivity index (χ2v) is 4.65. The first-order chi connectivity index (χ1) is 8.19. The molecule has 2 rings (SSSR count). The molecule has 2 aromatic rings. The number of aliphatic hydroxyl groups is 1. The molecule has 0 unspecified atom stereocenters. The SMILES string of the molecule is Cc1cc(Sc2nccc(=O)[nH]2)ccc1CO. The fourth-order valence-corrected chi connectivity index (χ4v) is 2.28. The lowest BCUT2D eigenvalue weighted by atomic mass is 10.1. The van der Waals surface area contributed by atoms with Crippen molar-refractivity contribution in [1.82, 2.24) is 9.97 Å². The minimum absolute atomic E-state index is 0.0389. The molecule has 0 bridgehead atoms. The van der Waals surface area contributed by atoms with E-state index in [2.05, 4.69) is 9.97 Å². The minimum Gasteiger partial charge on any atom is -0.392 e. The van der Waals surface area contributed by atoms with Gasteiger partial charge >= 0.3 is 0 Å². The van der Waals surface area contributed by atoms with Crippen LogP contribution in [0.1, 0.15) is 11.1 Å². The number of nitrogens with zero attached hydrogens (tertiary/aromatic N) is 1. The van der Waals surface area contributed by atoms with Gasteiger partial charge in [0, 0.05) is 17.2 Å². The Labute approximate surface area is 103 Å². The smallest absolute Gasteiger partial charge is 0.251 e. The predicted molar refractivity (Wildman–Crippen MR) is 66.1 cm³/mol. The average molecular weight is 248 g/mol. The monoisotopic (exact) mass is 248 g/mol. The molecule has 0 aliphatic heterocycles. The Morgan fingerprint density at radius 3 is 2.88 bits per heavy atom. The largest absolute Gasteiger partial charge is 0.392 e. The minimum atomic E-state index is -0.161. The molecular formula is C12H12N2O2S. The summed E-state index contributed by atoms with van der Waals surface area (Å²) in [5.74, 6) is 0. The summed E-state index contributed by atoms with van der Waals surface area (Å²) in [6.07, 6.45) is 1.48. The Hall–Kier alpha value is -1.59. The van der Waals surface area contributed by atoms with Gasteiger partial charge in [-0.3, -0.25) is 4.79 Å². The Morgan fingerprint density at radius 1 is 1.41 bits per heavy atom. The number of aryl methyl sites for hydroxylation is 1. The van der Waals surface area contributed by atoms with Crippen LogP contribution in [0.4, 0.5) is 0 Å². The van der Waals surface area contributed by atoms with Gasteiger partial charge < -0.3 is 10.1 Å². The van der Waals surface area contributed by atoms with E-state index < -0.39 is 0 Å². The molecule has 0 aliphatic rings. The second-order valence-electron chi connectivity index (χ2n) is 3.59. The Morgan fingerprint density at radius 2 is 2.24 bits per heavy atom. The second kappa shape index (κ2) is 5.16. The van der Waals surface area contributed by atoms with E-state index in [0.717, 1.165) is 16.0 Å². The molecule has 1 heterocycles. The van der Waals surface area contributed by atoms with Gasteiger partial charge in [0.15, 0.2) is 5.16 Å². The first-order valence-electron chi connectivity index (χ1n) is 5.12. The highest BCUT2D eigenvalue weighted by Gasteiger charge is 2.02. The summed E-state index contributed by atoms with van der Waals surface area (Å²) in [6.45, 7) is 1.98. The van der Waals surface area contributed by atoms with Gasteiger partial charge in [0.05, 0.1) is 6.61 Å². The molecule has 1 aromatic carbocycles. The first-order valence-corrected chi connectivity index (χ1v) is 5.94. The van der Waals surface area contributed by atoms with Crippen molar-refractivity contribution in [3.8, 4) is 0 Å². The predicted octanol–water partition coefficient (Wildman–Crippen LogP) is 1.72. The van der Waals surface area contributed by atoms with E-state index >= 15 is 0 Å². The van der Waals surface area contributed by atoms with Crippen LogP contribution in [0, 0.1) is 6.92 Å². The van der Waals surface area contributed by atoms with Crippen LogP contribution in [0.15, 0.2) is 45.3 Å². The van der Waals surface area contributed by atoms with Crippen molar-refractivity contribution >= 4 is 11.8 Å². The maximum Gasteiger partial charge on any atom is 0.251 e. The number of rotatable bonds is 3. The summed E-state index contributed by atoms with van der Waals surface area (Å²) < 4.78 is 0. The van der Waals surface area contributed by atoms with Crippen LogP contribution < -0.4 is 5.56 Å². The summed E-state index contributed by atoms with van der Waals surface area (Å²) in [4.78, 5) is 18.8. The summed E-state index contributed by atoms with van der Waals surface area (Å²) in [6, 6.07) is 7.11. The van der Waals surface area contributed by atoms with Crippen LogP contribution in [0.25, 0.3) is 0 Å². The van der Waals surface area contributed by atoms with E-state index in [0.29, 0.717) is 5.16 Å². The number of aromatic nitrogens is 2. The number of benzene rings is 1. The zero-order chi connectivity index (χ0) is 12.3. The van der Waals surface area contributed by atoms with Crippen LogP contribution in [-0.4, -0.2) is 15.1 Å². The van der Waals surface area contributed by atoms with Crippen LogP contribution in [0.5, 0.6) is 0 Å². The van der Waals surface area contributed by atoms with Gasteiger partial charge in [0.2, 0.25) is 0 Å². The number of hydrogen-bond acceptors (Lipinski definition) is 4. The van der Waals surface area contributed by atoms with Gasteiger partial charge in [0.1, 0.15) is 0 Å². The zero-order valence-electron chi connectivity index (χ0n) is 9.30. The number of nitrogens with one attached hydrogen (secondary N) is 1. The van der Waals surface area contributed by atoms with E-state index in [4.69, 9.17) is 5.11 Å². The standard InChI is InChI=1S/C12H12N2O2S/c1-8-6-10(3-2-9(8)7-15)17-12-13-5-4-11(16)14-12/h2-6,15H,7H2,1H3,(H,13,14,16). The van der Waals surface area contributed by atoms with Crippen molar-refractivity contribution in [3.05, 3.63) is 51.9 Å². The summed E-state index contributed by atoms with van der Waals surface area (Å²) in [5, 5.41) is 9.63. The lowest BCUT2D eigenvalue weighted by Gasteiger charge is -2.05. The third-order valence-corrected chi connectivity index (χ3v) is 3.24. The van der Waals surface area contributed by atoms with Crippen LogP contribution in [0.2, 0.25) is 0 Å². The van der Waals surface area contributed by atoms with Crippen molar-refractivity contribution in [3.63, 3.8) is 0 Å². The van der Waals surface area contributed by atoms with Crippen molar-refractivity contribution in [2.75, 3.05) is 0 Å². The number of aliphatic hydroxyl groups excluding tert-OH is 1. The lowest BCUT2D eigenvalue weighted by Crippen LogP contribution is -2.04. The fraction of sp³-hybridized carbons (Fsp3) is 0.167. The highest BCUT2D eigenvalue weighted by molar-refractivity contribution is 7.99. The van der Waals surface area contributed by atoms with E-state index in [9.17, 15) is 4.79 Å². The van der Waals surface area contributed by atoms with Gasteiger partial charge in [0.25, 0.3) is 5.56 Å². The molecule has 0 radical (unpaired) electrons. The van der Waals surface area contributed by atoms with Crippen molar-refractivity contribution in [1.29, 1.82) is 0 Å². The molecule has 0 atom stereocenters. The maximum absolute atomic E-state index is 11.1. The van der Waals surface area contributed by atoms with Gasteiger partial charge in [-0.1, -0.05) is 17.8 Å². The Balaban J connectivity index is 2.25. The highest BCUT2D eigenvalue weighted by Crippen LogP contribution is 2.25. The molecule has 88 valence electrons. The van der Waals surface area contributed by atoms with Crippen LogP contribution in [-0.2, 0) is 6.61 Å². The van der Waals surface area contributed by atoms with Gasteiger partial charge in [-0.15, -0.1) is 0 Å². The molecular weight excluding hydrogens is 236 g/mol. The molecule has 17 heavy (non-hydrogen) atoms.